The second kappa shape index (κ2) is 4.02. The summed E-state index contributed by atoms with van der Waals surface area (Å²) >= 11 is 3.44. The summed E-state index contributed by atoms with van der Waals surface area (Å²) in [5.74, 6) is 0.589. The average molecular weight is 268 g/mol. The molecule has 0 amide bonds. The van der Waals surface area contributed by atoms with Gasteiger partial charge in [0.05, 0.1) is 0 Å². The molecule has 0 bridgehead atoms. The van der Waals surface area contributed by atoms with Crippen LogP contribution in [0.1, 0.15) is 0 Å². The van der Waals surface area contributed by atoms with Gasteiger partial charge in [0.1, 0.15) is 0 Å². The summed E-state index contributed by atoms with van der Waals surface area (Å²) in [5, 5.41) is 3.91. The first-order valence-electron chi connectivity index (χ1n) is 4.44. The molecule has 0 radical (unpaired) electrons. The molecule has 2 aromatic rings. The van der Waals surface area contributed by atoms with Gasteiger partial charge in [0.15, 0.2) is 0 Å². The Kier molecular flexibility index (Phi) is 2.73. The molecular formula is C10H10BrN3O. The molecule has 5 heteroatoms. The first kappa shape index (κ1) is 10.2. The Morgan fingerprint density at radius 3 is 2.60 bits per heavy atom. The predicted molar refractivity (Wildman–Crippen MR) is 61.8 cm³/mol. The Labute approximate surface area is 96.0 Å². The number of hydrogen-bond donors (Lipinski definition) is 0. The van der Waals surface area contributed by atoms with Crippen LogP contribution >= 0.6 is 15.9 Å². The molecule has 0 saturated heterocycles. The highest BCUT2D eigenvalue weighted by Crippen LogP contribution is 2.26. The van der Waals surface area contributed by atoms with Gasteiger partial charge in [-0.15, -0.1) is 0 Å². The average Bonchev–Trinajstić information content (AvgIpc) is 2.67. The monoisotopic (exact) mass is 267 g/mol. The van der Waals surface area contributed by atoms with Crippen molar-refractivity contribution in [2.45, 2.75) is 0 Å². The topological polar surface area (TPSA) is 42.2 Å². The van der Waals surface area contributed by atoms with Gasteiger partial charge < -0.3 is 9.42 Å². The Morgan fingerprint density at radius 2 is 2.00 bits per heavy atom. The molecule has 0 aliphatic carbocycles. The standard InChI is InChI=1S/C10H10BrN3O/c1-14(2)10-12-9(13-15-10)7-5-3-4-6-8(7)11/h3-6H,1-2H3. The summed E-state index contributed by atoms with van der Waals surface area (Å²) in [4.78, 5) is 6.03. The fourth-order valence-electron chi connectivity index (χ4n) is 1.15. The van der Waals surface area contributed by atoms with Gasteiger partial charge in [-0.25, -0.2) is 0 Å². The van der Waals surface area contributed by atoms with Crippen molar-refractivity contribution >= 4 is 21.9 Å². The van der Waals surface area contributed by atoms with Gasteiger partial charge in [-0.05, 0) is 12.1 Å². The van der Waals surface area contributed by atoms with E-state index in [9.17, 15) is 0 Å². The summed E-state index contributed by atoms with van der Waals surface area (Å²) in [5.41, 5.74) is 0.925. The van der Waals surface area contributed by atoms with E-state index in [4.69, 9.17) is 4.52 Å². The largest absolute Gasteiger partial charge is 0.331 e. The zero-order valence-electron chi connectivity index (χ0n) is 8.44. The van der Waals surface area contributed by atoms with E-state index in [0.717, 1.165) is 10.0 Å². The van der Waals surface area contributed by atoms with Gasteiger partial charge in [0.25, 0.3) is 0 Å². The van der Waals surface area contributed by atoms with Crippen LogP contribution in [0, 0.1) is 0 Å². The highest BCUT2D eigenvalue weighted by atomic mass is 79.9. The fourth-order valence-corrected chi connectivity index (χ4v) is 1.61. The van der Waals surface area contributed by atoms with E-state index in [1.165, 1.54) is 0 Å². The first-order valence-corrected chi connectivity index (χ1v) is 5.23. The Morgan fingerprint density at radius 1 is 1.27 bits per heavy atom. The van der Waals surface area contributed by atoms with Crippen LogP contribution in [0.4, 0.5) is 6.01 Å². The van der Waals surface area contributed by atoms with Gasteiger partial charge in [0.2, 0.25) is 5.82 Å². The van der Waals surface area contributed by atoms with Crippen LogP contribution in [0.15, 0.2) is 33.3 Å². The van der Waals surface area contributed by atoms with Crippen LogP contribution in [0.3, 0.4) is 0 Å². The number of rotatable bonds is 2. The smallest absolute Gasteiger partial charge is 0.323 e. The SMILES string of the molecule is CN(C)c1nc(-c2ccccc2Br)no1. The molecule has 15 heavy (non-hydrogen) atoms. The summed E-state index contributed by atoms with van der Waals surface area (Å²) in [6.45, 7) is 0. The first-order chi connectivity index (χ1) is 7.18. The van der Waals surface area contributed by atoms with E-state index < -0.39 is 0 Å². The van der Waals surface area contributed by atoms with Crippen molar-refractivity contribution in [3.8, 4) is 11.4 Å². The van der Waals surface area contributed by atoms with E-state index >= 15 is 0 Å². The molecule has 4 nitrogen and oxygen atoms in total. The summed E-state index contributed by atoms with van der Waals surface area (Å²) in [6, 6.07) is 8.27. The predicted octanol–water partition coefficient (Wildman–Crippen LogP) is 2.57. The quantitative estimate of drug-likeness (QED) is 0.839. The van der Waals surface area contributed by atoms with E-state index in [1.807, 2.05) is 38.4 Å². The van der Waals surface area contributed by atoms with Crippen LogP contribution in [0.2, 0.25) is 0 Å². The Bertz CT molecular complexity index is 467. The number of aromatic nitrogens is 2. The lowest BCUT2D eigenvalue weighted by molar-refractivity contribution is 0.423. The molecule has 2 rings (SSSR count). The second-order valence-corrected chi connectivity index (χ2v) is 4.13. The molecule has 78 valence electrons. The molecule has 0 fully saturated rings. The molecule has 0 atom stereocenters. The third kappa shape index (κ3) is 2.02. The lowest BCUT2D eigenvalue weighted by Crippen LogP contribution is -2.08. The van der Waals surface area contributed by atoms with Crippen molar-refractivity contribution in [3.05, 3.63) is 28.7 Å². The van der Waals surface area contributed by atoms with E-state index in [-0.39, 0.29) is 0 Å². The zero-order chi connectivity index (χ0) is 10.8. The maximum absolute atomic E-state index is 5.08. The Balaban J connectivity index is 2.42. The molecule has 0 unspecified atom stereocenters. The minimum absolute atomic E-state index is 0.501. The van der Waals surface area contributed by atoms with Gasteiger partial charge in [-0.3, -0.25) is 0 Å². The van der Waals surface area contributed by atoms with Gasteiger partial charge in [-0.2, -0.15) is 4.98 Å². The van der Waals surface area contributed by atoms with Crippen LogP contribution in [0.25, 0.3) is 11.4 Å². The normalized spacial score (nSPS) is 10.3. The van der Waals surface area contributed by atoms with Crippen molar-refractivity contribution < 1.29 is 4.52 Å². The molecule has 0 N–H and O–H groups in total. The van der Waals surface area contributed by atoms with Gasteiger partial charge in [-0.1, -0.05) is 33.2 Å². The van der Waals surface area contributed by atoms with E-state index in [2.05, 4.69) is 26.1 Å². The van der Waals surface area contributed by atoms with Crippen LogP contribution in [0.5, 0.6) is 0 Å². The molecule has 1 aromatic carbocycles. The highest BCUT2D eigenvalue weighted by Gasteiger charge is 2.11. The molecular weight excluding hydrogens is 258 g/mol. The minimum Gasteiger partial charge on any atom is -0.331 e. The Hall–Kier alpha value is -1.36. The molecule has 1 aromatic heterocycles. The second-order valence-electron chi connectivity index (χ2n) is 3.27. The lowest BCUT2D eigenvalue weighted by atomic mass is 10.2. The van der Waals surface area contributed by atoms with Crippen LogP contribution < -0.4 is 4.90 Å². The van der Waals surface area contributed by atoms with Crippen LogP contribution in [-0.2, 0) is 0 Å². The third-order valence-electron chi connectivity index (χ3n) is 1.91. The fraction of sp³-hybridized carbons (Fsp3) is 0.200. The summed E-state index contributed by atoms with van der Waals surface area (Å²) in [7, 11) is 3.72. The maximum atomic E-state index is 5.08. The van der Waals surface area contributed by atoms with E-state index in [1.54, 1.807) is 4.90 Å². The number of hydrogen-bond acceptors (Lipinski definition) is 4. The molecule has 0 aliphatic heterocycles. The number of anilines is 1. The minimum atomic E-state index is 0.501. The molecule has 0 spiro atoms. The van der Waals surface area contributed by atoms with Gasteiger partial charge in [0, 0.05) is 24.1 Å². The van der Waals surface area contributed by atoms with Crippen molar-refractivity contribution in [2.24, 2.45) is 0 Å². The van der Waals surface area contributed by atoms with Gasteiger partial charge >= 0.3 is 6.01 Å². The summed E-state index contributed by atoms with van der Waals surface area (Å²) in [6.07, 6.45) is 0. The summed E-state index contributed by atoms with van der Waals surface area (Å²) < 4.78 is 6.03. The number of halogens is 1. The van der Waals surface area contributed by atoms with Crippen molar-refractivity contribution in [3.63, 3.8) is 0 Å². The molecule has 1 heterocycles. The third-order valence-corrected chi connectivity index (χ3v) is 2.60. The highest BCUT2D eigenvalue weighted by molar-refractivity contribution is 9.10. The number of benzene rings is 1. The van der Waals surface area contributed by atoms with Crippen molar-refractivity contribution in [1.82, 2.24) is 10.1 Å². The van der Waals surface area contributed by atoms with Crippen molar-refractivity contribution in [2.75, 3.05) is 19.0 Å². The molecule has 0 saturated carbocycles. The lowest BCUT2D eigenvalue weighted by Gasteiger charge is -2.02. The van der Waals surface area contributed by atoms with Crippen LogP contribution in [-0.4, -0.2) is 24.2 Å². The zero-order valence-corrected chi connectivity index (χ0v) is 10.0. The van der Waals surface area contributed by atoms with E-state index in [0.29, 0.717) is 11.8 Å². The number of nitrogens with zero attached hydrogens (tertiary/aromatic N) is 3. The maximum Gasteiger partial charge on any atom is 0.323 e. The molecule has 0 aliphatic rings. The van der Waals surface area contributed by atoms with Crippen molar-refractivity contribution in [1.29, 1.82) is 0 Å².